The maximum atomic E-state index is 11.9. The number of amides is 1. The number of nitrogens with zero attached hydrogens (tertiary/aromatic N) is 1. The summed E-state index contributed by atoms with van der Waals surface area (Å²) in [5.74, 6) is 1.01. The van der Waals surface area contributed by atoms with Crippen molar-refractivity contribution in [3.63, 3.8) is 0 Å². The van der Waals surface area contributed by atoms with Gasteiger partial charge < -0.3 is 15.1 Å². The van der Waals surface area contributed by atoms with Crippen molar-refractivity contribution in [3.8, 4) is 0 Å². The predicted molar refractivity (Wildman–Crippen MR) is 70.1 cm³/mol. The van der Waals surface area contributed by atoms with Crippen LogP contribution in [0.15, 0.2) is 0 Å². The molecular formula is C12H23NO3S. The molecule has 0 radical (unpaired) electrons. The lowest BCUT2D eigenvalue weighted by Gasteiger charge is -2.24. The van der Waals surface area contributed by atoms with E-state index < -0.39 is 6.10 Å². The standard InChI is InChI=1S/C12H23NO3S/c14-8-11(15)9-17-10-12(16)13-6-4-2-1-3-5-7-13/h11,14-15H,1-10H2. The second-order valence-corrected chi connectivity index (χ2v) is 5.53. The van der Waals surface area contributed by atoms with E-state index >= 15 is 0 Å². The van der Waals surface area contributed by atoms with Crippen LogP contribution >= 0.6 is 11.8 Å². The minimum absolute atomic E-state index is 0.169. The Morgan fingerprint density at radius 1 is 1.18 bits per heavy atom. The van der Waals surface area contributed by atoms with Gasteiger partial charge in [0.15, 0.2) is 0 Å². The summed E-state index contributed by atoms with van der Waals surface area (Å²) in [4.78, 5) is 13.8. The summed E-state index contributed by atoms with van der Waals surface area (Å²) in [6, 6.07) is 0. The highest BCUT2D eigenvalue weighted by Crippen LogP contribution is 2.12. The highest BCUT2D eigenvalue weighted by Gasteiger charge is 2.15. The van der Waals surface area contributed by atoms with Gasteiger partial charge in [-0.3, -0.25) is 4.79 Å². The molecule has 1 amide bonds. The largest absolute Gasteiger partial charge is 0.394 e. The summed E-state index contributed by atoms with van der Waals surface area (Å²) in [6.45, 7) is 1.52. The van der Waals surface area contributed by atoms with E-state index in [1.54, 1.807) is 0 Å². The molecule has 1 saturated heterocycles. The van der Waals surface area contributed by atoms with Gasteiger partial charge in [0.1, 0.15) is 0 Å². The van der Waals surface area contributed by atoms with E-state index in [2.05, 4.69) is 0 Å². The molecule has 1 rings (SSSR count). The van der Waals surface area contributed by atoms with Crippen molar-refractivity contribution in [2.45, 2.75) is 38.2 Å². The topological polar surface area (TPSA) is 60.8 Å². The van der Waals surface area contributed by atoms with Crippen LogP contribution in [0.5, 0.6) is 0 Å². The number of carbonyl (C=O) groups is 1. The number of aliphatic hydroxyl groups excluding tert-OH is 2. The van der Waals surface area contributed by atoms with Crippen molar-refractivity contribution < 1.29 is 15.0 Å². The SMILES string of the molecule is O=C(CSCC(O)CO)N1CCCCCCC1. The van der Waals surface area contributed by atoms with Crippen molar-refractivity contribution in [1.29, 1.82) is 0 Å². The van der Waals surface area contributed by atoms with Crippen LogP contribution in [-0.2, 0) is 4.79 Å². The lowest BCUT2D eigenvalue weighted by Crippen LogP contribution is -2.35. The monoisotopic (exact) mass is 261 g/mol. The minimum atomic E-state index is -0.708. The summed E-state index contributed by atoms with van der Waals surface area (Å²) in [5.41, 5.74) is 0. The Balaban J connectivity index is 2.20. The first-order valence-corrected chi connectivity index (χ1v) is 7.54. The molecule has 100 valence electrons. The Kier molecular flexibility index (Phi) is 7.64. The first-order chi connectivity index (χ1) is 8.24. The van der Waals surface area contributed by atoms with Gasteiger partial charge in [0, 0.05) is 18.8 Å². The Morgan fingerprint density at radius 3 is 2.35 bits per heavy atom. The molecule has 1 aliphatic heterocycles. The maximum Gasteiger partial charge on any atom is 0.232 e. The minimum Gasteiger partial charge on any atom is -0.394 e. The van der Waals surface area contributed by atoms with Crippen LogP contribution in [0.2, 0.25) is 0 Å². The zero-order valence-corrected chi connectivity index (χ0v) is 11.1. The highest BCUT2D eigenvalue weighted by atomic mass is 32.2. The van der Waals surface area contributed by atoms with Crippen molar-refractivity contribution >= 4 is 17.7 Å². The van der Waals surface area contributed by atoms with Gasteiger partial charge in [-0.15, -0.1) is 11.8 Å². The summed E-state index contributed by atoms with van der Waals surface area (Å²) in [6.07, 6.45) is 5.24. The Morgan fingerprint density at radius 2 is 1.76 bits per heavy atom. The summed E-state index contributed by atoms with van der Waals surface area (Å²) in [7, 11) is 0. The van der Waals surface area contributed by atoms with Gasteiger partial charge in [-0.05, 0) is 12.8 Å². The third-order valence-electron chi connectivity index (χ3n) is 2.96. The molecule has 17 heavy (non-hydrogen) atoms. The second kappa shape index (κ2) is 8.78. The molecule has 0 bridgehead atoms. The number of likely N-dealkylation sites (tertiary alicyclic amines) is 1. The predicted octanol–water partition coefficient (Wildman–Crippen LogP) is 0.865. The molecular weight excluding hydrogens is 238 g/mol. The molecule has 0 aliphatic carbocycles. The summed E-state index contributed by atoms with van der Waals surface area (Å²) >= 11 is 1.40. The molecule has 1 atom stereocenters. The van der Waals surface area contributed by atoms with Gasteiger partial charge in [-0.1, -0.05) is 19.3 Å². The summed E-state index contributed by atoms with van der Waals surface area (Å²) < 4.78 is 0. The third-order valence-corrected chi connectivity index (χ3v) is 4.03. The van der Waals surface area contributed by atoms with E-state index in [4.69, 9.17) is 10.2 Å². The fourth-order valence-corrected chi connectivity index (χ4v) is 2.78. The highest BCUT2D eigenvalue weighted by molar-refractivity contribution is 7.99. The van der Waals surface area contributed by atoms with Gasteiger partial charge in [0.25, 0.3) is 0 Å². The number of hydrogen-bond donors (Lipinski definition) is 2. The molecule has 2 N–H and O–H groups in total. The van der Waals surface area contributed by atoms with E-state index in [1.807, 2.05) is 4.90 Å². The smallest absolute Gasteiger partial charge is 0.232 e. The number of rotatable bonds is 5. The molecule has 0 aromatic heterocycles. The molecule has 4 nitrogen and oxygen atoms in total. The molecule has 0 aromatic carbocycles. The van der Waals surface area contributed by atoms with Crippen LogP contribution < -0.4 is 0 Å². The van der Waals surface area contributed by atoms with Crippen LogP contribution in [0.1, 0.15) is 32.1 Å². The number of thioether (sulfide) groups is 1. The number of carbonyl (C=O) groups excluding carboxylic acids is 1. The quantitative estimate of drug-likeness (QED) is 0.771. The van der Waals surface area contributed by atoms with Crippen LogP contribution in [0.3, 0.4) is 0 Å². The molecule has 5 heteroatoms. The molecule has 0 aromatic rings. The van der Waals surface area contributed by atoms with Gasteiger partial charge in [-0.2, -0.15) is 0 Å². The molecule has 1 unspecified atom stereocenters. The van der Waals surface area contributed by atoms with Gasteiger partial charge in [0.2, 0.25) is 5.91 Å². The number of hydrogen-bond acceptors (Lipinski definition) is 4. The third kappa shape index (κ3) is 6.29. The first kappa shape index (κ1) is 14.8. The van der Waals surface area contributed by atoms with Crippen LogP contribution in [0.25, 0.3) is 0 Å². The molecule has 0 spiro atoms. The van der Waals surface area contributed by atoms with Crippen LogP contribution in [0, 0.1) is 0 Å². The summed E-state index contributed by atoms with van der Waals surface area (Å²) in [5, 5.41) is 17.8. The fraction of sp³-hybridized carbons (Fsp3) is 0.917. The Bertz CT molecular complexity index is 218. The van der Waals surface area contributed by atoms with Crippen molar-refractivity contribution in [2.24, 2.45) is 0 Å². The number of aliphatic hydroxyl groups is 2. The van der Waals surface area contributed by atoms with Crippen LogP contribution in [-0.4, -0.2) is 58.3 Å². The fourth-order valence-electron chi connectivity index (χ4n) is 1.92. The Hall–Kier alpha value is -0.260. The molecule has 1 heterocycles. The lowest BCUT2D eigenvalue weighted by molar-refractivity contribution is -0.128. The van der Waals surface area contributed by atoms with Gasteiger partial charge in [0.05, 0.1) is 18.5 Å². The lowest BCUT2D eigenvalue weighted by atomic mass is 10.1. The van der Waals surface area contributed by atoms with Gasteiger partial charge in [-0.25, -0.2) is 0 Å². The van der Waals surface area contributed by atoms with Gasteiger partial charge >= 0.3 is 0 Å². The normalized spacial score (nSPS) is 19.5. The van der Waals surface area contributed by atoms with E-state index in [9.17, 15) is 4.79 Å². The van der Waals surface area contributed by atoms with E-state index in [0.29, 0.717) is 11.5 Å². The zero-order valence-electron chi connectivity index (χ0n) is 10.3. The molecule has 1 aliphatic rings. The first-order valence-electron chi connectivity index (χ1n) is 6.38. The maximum absolute atomic E-state index is 11.9. The molecule has 0 saturated carbocycles. The zero-order chi connectivity index (χ0) is 12.5. The average Bonchev–Trinajstić information content (AvgIpc) is 2.28. The van der Waals surface area contributed by atoms with E-state index in [0.717, 1.165) is 25.9 Å². The molecule has 1 fully saturated rings. The van der Waals surface area contributed by atoms with Crippen molar-refractivity contribution in [2.75, 3.05) is 31.2 Å². The van der Waals surface area contributed by atoms with Crippen molar-refractivity contribution in [3.05, 3.63) is 0 Å². The van der Waals surface area contributed by atoms with E-state index in [-0.39, 0.29) is 12.5 Å². The average molecular weight is 261 g/mol. The second-order valence-electron chi connectivity index (χ2n) is 4.50. The van der Waals surface area contributed by atoms with Crippen LogP contribution in [0.4, 0.5) is 0 Å². The van der Waals surface area contributed by atoms with E-state index in [1.165, 1.54) is 31.0 Å². The van der Waals surface area contributed by atoms with Crippen molar-refractivity contribution in [1.82, 2.24) is 4.90 Å². The Labute approximate surface area is 107 Å².